The molecule has 0 atom stereocenters. The topological polar surface area (TPSA) is 59.5 Å². The van der Waals surface area contributed by atoms with Gasteiger partial charge in [-0.25, -0.2) is 0 Å². The highest BCUT2D eigenvalue weighted by Gasteiger charge is 2.28. The first-order valence-electron chi connectivity index (χ1n) is 7.58. The quantitative estimate of drug-likeness (QED) is 0.640. The summed E-state index contributed by atoms with van der Waals surface area (Å²) in [6.45, 7) is 1.24. The van der Waals surface area contributed by atoms with Crippen molar-refractivity contribution >= 4 is 34.2 Å². The van der Waals surface area contributed by atoms with E-state index in [4.69, 9.17) is 16.3 Å². The molecular weight excluding hydrogens is 316 g/mol. The number of benzene rings is 1. The third-order valence-electron chi connectivity index (χ3n) is 4.08. The lowest BCUT2D eigenvalue weighted by molar-refractivity contribution is -0.127. The van der Waals surface area contributed by atoms with Crippen LogP contribution in [-0.2, 0) is 4.79 Å². The van der Waals surface area contributed by atoms with Gasteiger partial charge in [0.2, 0.25) is 0 Å². The van der Waals surface area contributed by atoms with Gasteiger partial charge >= 0.3 is 0 Å². The number of pyridine rings is 1. The van der Waals surface area contributed by atoms with E-state index in [0.717, 1.165) is 19.3 Å². The molecular formula is C17H17ClN2O3. The number of hydrogen-bond donors (Lipinski definition) is 0. The first kappa shape index (κ1) is 15.7. The number of hydrogen-bond acceptors (Lipinski definition) is 4. The lowest BCUT2D eigenvalue weighted by Crippen LogP contribution is -2.40. The van der Waals surface area contributed by atoms with Gasteiger partial charge in [0.1, 0.15) is 5.52 Å². The van der Waals surface area contributed by atoms with Gasteiger partial charge in [-0.3, -0.25) is 14.6 Å². The molecule has 0 saturated carbocycles. The molecule has 2 heterocycles. The Balaban J connectivity index is 2.04. The van der Waals surface area contributed by atoms with E-state index in [1.807, 2.05) is 0 Å². The van der Waals surface area contributed by atoms with Crippen LogP contribution in [0.4, 0.5) is 0 Å². The number of piperidine rings is 1. The highest BCUT2D eigenvalue weighted by atomic mass is 35.5. The number of likely N-dealkylation sites (tertiary alicyclic amines) is 1. The van der Waals surface area contributed by atoms with E-state index in [2.05, 4.69) is 4.98 Å². The summed E-state index contributed by atoms with van der Waals surface area (Å²) in [5, 5.41) is 1.07. The molecule has 0 N–H and O–H groups in total. The zero-order valence-corrected chi connectivity index (χ0v) is 13.6. The smallest absolute Gasteiger partial charge is 0.295 e. The maximum atomic E-state index is 12.7. The van der Waals surface area contributed by atoms with Crippen molar-refractivity contribution in [1.82, 2.24) is 9.88 Å². The third kappa shape index (κ3) is 2.88. The number of Topliss-reactive ketones (excluding diaryl/α,β-unsaturated/α-hetero) is 1. The van der Waals surface area contributed by atoms with Crippen LogP contribution < -0.4 is 4.74 Å². The second-order valence-electron chi connectivity index (χ2n) is 5.52. The number of carbonyl (C=O) groups is 2. The number of amides is 1. The standard InChI is InChI=1S/C17H17ClN2O3/c1-23-16-12(10-13(18)11-6-5-7-19-14(11)16)15(21)17(22)20-8-3-2-4-9-20/h5-7,10H,2-4,8-9H2,1H3. The first-order chi connectivity index (χ1) is 11.1. The summed E-state index contributed by atoms with van der Waals surface area (Å²) >= 11 is 6.25. The zero-order chi connectivity index (χ0) is 16.4. The molecule has 1 fully saturated rings. The maximum Gasteiger partial charge on any atom is 0.295 e. The van der Waals surface area contributed by atoms with Crippen LogP contribution in [0.5, 0.6) is 5.75 Å². The SMILES string of the molecule is COc1c(C(=O)C(=O)N2CCCCC2)cc(Cl)c2cccnc12. The van der Waals surface area contributed by atoms with Gasteiger partial charge in [-0.05, 0) is 37.5 Å². The van der Waals surface area contributed by atoms with E-state index >= 15 is 0 Å². The first-order valence-corrected chi connectivity index (χ1v) is 7.96. The Morgan fingerprint density at radius 1 is 1.26 bits per heavy atom. The second-order valence-corrected chi connectivity index (χ2v) is 5.93. The minimum Gasteiger partial charge on any atom is -0.494 e. The van der Waals surface area contributed by atoms with Crippen molar-refractivity contribution in [2.45, 2.75) is 19.3 Å². The lowest BCUT2D eigenvalue weighted by Gasteiger charge is -2.26. The van der Waals surface area contributed by atoms with Crippen molar-refractivity contribution in [3.8, 4) is 5.75 Å². The van der Waals surface area contributed by atoms with Gasteiger partial charge < -0.3 is 9.64 Å². The number of rotatable bonds is 3. The van der Waals surface area contributed by atoms with Crippen molar-refractivity contribution in [3.05, 3.63) is 35.0 Å². The Morgan fingerprint density at radius 3 is 2.70 bits per heavy atom. The molecule has 1 aliphatic heterocycles. The number of aromatic nitrogens is 1. The van der Waals surface area contributed by atoms with Crippen molar-refractivity contribution < 1.29 is 14.3 Å². The Kier molecular flexibility index (Phi) is 4.48. The molecule has 2 aromatic rings. The number of ketones is 1. The summed E-state index contributed by atoms with van der Waals surface area (Å²) in [5.41, 5.74) is 0.650. The van der Waals surface area contributed by atoms with Gasteiger partial charge in [0.25, 0.3) is 11.7 Å². The lowest BCUT2D eigenvalue weighted by atomic mass is 10.0. The molecule has 1 aliphatic rings. The van der Waals surface area contributed by atoms with Gasteiger partial charge in [0.05, 0.1) is 17.7 Å². The number of nitrogens with zero attached hydrogens (tertiary/aromatic N) is 2. The van der Waals surface area contributed by atoms with Gasteiger partial charge in [0, 0.05) is 24.7 Å². The number of methoxy groups -OCH3 is 1. The molecule has 0 unspecified atom stereocenters. The predicted octanol–water partition coefficient (Wildman–Crippen LogP) is 3.09. The van der Waals surface area contributed by atoms with E-state index in [1.54, 1.807) is 23.2 Å². The third-order valence-corrected chi connectivity index (χ3v) is 4.39. The Bertz CT molecular complexity index is 770. The molecule has 5 nitrogen and oxygen atoms in total. The van der Waals surface area contributed by atoms with Crippen LogP contribution in [0.2, 0.25) is 5.02 Å². The summed E-state index contributed by atoms with van der Waals surface area (Å²) in [6, 6.07) is 5.05. The largest absolute Gasteiger partial charge is 0.494 e. The highest BCUT2D eigenvalue weighted by molar-refractivity contribution is 6.45. The molecule has 1 aromatic heterocycles. The normalized spacial score (nSPS) is 14.8. The van der Waals surface area contributed by atoms with Crippen molar-refractivity contribution in [1.29, 1.82) is 0 Å². The molecule has 3 rings (SSSR count). The number of fused-ring (bicyclic) bond motifs is 1. The fourth-order valence-electron chi connectivity index (χ4n) is 2.91. The molecule has 1 amide bonds. The van der Waals surface area contributed by atoms with Gasteiger partial charge in [0.15, 0.2) is 5.75 Å². The minimum atomic E-state index is -0.599. The molecule has 1 saturated heterocycles. The summed E-state index contributed by atoms with van der Waals surface area (Å²) in [6.07, 6.45) is 4.54. The van der Waals surface area contributed by atoms with E-state index in [-0.39, 0.29) is 5.56 Å². The minimum absolute atomic E-state index is 0.166. The predicted molar refractivity (Wildman–Crippen MR) is 88.1 cm³/mol. The molecule has 120 valence electrons. The Labute approximate surface area is 139 Å². The number of halogens is 1. The second kappa shape index (κ2) is 6.54. The average molecular weight is 333 g/mol. The van der Waals surface area contributed by atoms with E-state index in [9.17, 15) is 9.59 Å². The summed E-state index contributed by atoms with van der Waals surface area (Å²) in [4.78, 5) is 31.0. The Hall–Kier alpha value is -2.14. The van der Waals surface area contributed by atoms with E-state index < -0.39 is 11.7 Å². The van der Waals surface area contributed by atoms with Gasteiger partial charge in [-0.15, -0.1) is 0 Å². The monoisotopic (exact) mass is 332 g/mol. The Morgan fingerprint density at radius 2 is 2.00 bits per heavy atom. The van der Waals surface area contributed by atoms with Gasteiger partial charge in [-0.2, -0.15) is 0 Å². The van der Waals surface area contributed by atoms with E-state index in [1.165, 1.54) is 13.2 Å². The average Bonchev–Trinajstić information content (AvgIpc) is 2.61. The summed E-state index contributed by atoms with van der Waals surface area (Å²) < 4.78 is 5.36. The molecule has 1 aromatic carbocycles. The van der Waals surface area contributed by atoms with Crippen LogP contribution in [0.3, 0.4) is 0 Å². The maximum absolute atomic E-state index is 12.7. The summed E-state index contributed by atoms with van der Waals surface area (Å²) in [5.74, 6) is -0.812. The van der Waals surface area contributed by atoms with Gasteiger partial charge in [-0.1, -0.05) is 11.6 Å². The molecule has 0 radical (unpaired) electrons. The molecule has 0 spiro atoms. The summed E-state index contributed by atoms with van der Waals surface area (Å²) in [7, 11) is 1.46. The number of ether oxygens (including phenoxy) is 1. The van der Waals surface area contributed by atoms with Crippen molar-refractivity contribution in [2.24, 2.45) is 0 Å². The van der Waals surface area contributed by atoms with Crippen LogP contribution in [0.1, 0.15) is 29.6 Å². The number of carbonyl (C=O) groups excluding carboxylic acids is 2. The van der Waals surface area contributed by atoms with E-state index in [0.29, 0.717) is 34.8 Å². The molecule has 0 bridgehead atoms. The zero-order valence-electron chi connectivity index (χ0n) is 12.8. The van der Waals surface area contributed by atoms with Crippen LogP contribution in [0.15, 0.2) is 24.4 Å². The van der Waals surface area contributed by atoms with Crippen molar-refractivity contribution in [3.63, 3.8) is 0 Å². The van der Waals surface area contributed by atoms with Crippen LogP contribution in [0.25, 0.3) is 10.9 Å². The van der Waals surface area contributed by atoms with Crippen molar-refractivity contribution in [2.75, 3.05) is 20.2 Å². The fraction of sp³-hybridized carbons (Fsp3) is 0.353. The molecule has 23 heavy (non-hydrogen) atoms. The van der Waals surface area contributed by atoms with Crippen LogP contribution in [0, 0.1) is 0 Å². The molecule has 6 heteroatoms. The highest BCUT2D eigenvalue weighted by Crippen LogP contribution is 2.34. The fourth-order valence-corrected chi connectivity index (χ4v) is 3.17. The van der Waals surface area contributed by atoms with Crippen LogP contribution in [-0.4, -0.2) is 41.8 Å². The molecule has 0 aliphatic carbocycles. The van der Waals surface area contributed by atoms with Crippen LogP contribution >= 0.6 is 11.6 Å².